The number of hydrogen-bond acceptors (Lipinski definition) is 0. The summed E-state index contributed by atoms with van der Waals surface area (Å²) in [6, 6.07) is 46.5. The highest BCUT2D eigenvalue weighted by molar-refractivity contribution is 6.28. The normalized spacial score (nSPS) is 15.7. The van der Waals surface area contributed by atoms with E-state index in [0.717, 1.165) is 0 Å². The molecule has 0 fully saturated rings. The highest BCUT2D eigenvalue weighted by Crippen LogP contribution is 2.60. The largest absolute Gasteiger partial charge is 0.0616 e. The van der Waals surface area contributed by atoms with Gasteiger partial charge in [-0.1, -0.05) is 131 Å². The van der Waals surface area contributed by atoms with E-state index >= 15 is 0 Å². The van der Waals surface area contributed by atoms with Crippen molar-refractivity contribution in [1.29, 1.82) is 0 Å². The van der Waals surface area contributed by atoms with Crippen LogP contribution < -0.4 is 0 Å². The van der Waals surface area contributed by atoms with Gasteiger partial charge < -0.3 is 0 Å². The standard InChI is InChI=1S/C46H32.H2/c1-45(2)36-24-35-37(23-34(36)42-32-20-19-27-12-9-11-26-16-17-28(22-38(42)45)40(32)39(26)27)46(3,4)44-33-21-18-25-10-5-6-13-29(25)41(33)30-14-7-8-15-31(30)43(35)44;/h5-24H,1-4H3;1H/i;1+1. The van der Waals surface area contributed by atoms with Gasteiger partial charge in [-0.15, -0.1) is 0 Å². The van der Waals surface area contributed by atoms with Gasteiger partial charge in [0.25, 0.3) is 0 Å². The van der Waals surface area contributed by atoms with E-state index in [2.05, 4.69) is 149 Å². The van der Waals surface area contributed by atoms with Crippen molar-refractivity contribution in [2.24, 2.45) is 0 Å². The van der Waals surface area contributed by atoms with Gasteiger partial charge in [0, 0.05) is 12.3 Å². The lowest BCUT2D eigenvalue weighted by molar-refractivity contribution is 0.655. The van der Waals surface area contributed by atoms with Crippen LogP contribution in [0.5, 0.6) is 0 Å². The summed E-state index contributed by atoms with van der Waals surface area (Å²) >= 11 is 0. The molecule has 9 aromatic rings. The van der Waals surface area contributed by atoms with Crippen LogP contribution in [0.4, 0.5) is 0 Å². The van der Waals surface area contributed by atoms with Gasteiger partial charge in [-0.05, 0) is 127 Å². The van der Waals surface area contributed by atoms with Crippen LogP contribution in [0.15, 0.2) is 121 Å². The molecule has 0 heteroatoms. The first kappa shape index (κ1) is 25.0. The molecule has 0 atom stereocenters. The predicted octanol–water partition coefficient (Wildman–Crippen LogP) is 12.9. The Labute approximate surface area is 269 Å². The summed E-state index contributed by atoms with van der Waals surface area (Å²) < 4.78 is 0. The van der Waals surface area contributed by atoms with Crippen LogP contribution in [0.3, 0.4) is 0 Å². The van der Waals surface area contributed by atoms with Crippen molar-refractivity contribution in [2.45, 2.75) is 38.5 Å². The van der Waals surface area contributed by atoms with Crippen molar-refractivity contribution in [3.63, 3.8) is 0 Å². The fourth-order valence-electron chi connectivity index (χ4n) is 9.81. The lowest BCUT2D eigenvalue weighted by Crippen LogP contribution is -2.17. The Balaban J connectivity index is 0.00000285. The average molecular weight is 588 g/mol. The lowest BCUT2D eigenvalue weighted by atomic mass is 9.77. The van der Waals surface area contributed by atoms with Crippen LogP contribution >= 0.6 is 0 Å². The molecule has 0 saturated heterocycles. The summed E-state index contributed by atoms with van der Waals surface area (Å²) in [6.45, 7) is 9.79. The second-order valence-corrected chi connectivity index (χ2v) is 14.9. The predicted molar refractivity (Wildman–Crippen MR) is 200 cm³/mol. The molecule has 0 aliphatic heterocycles. The zero-order chi connectivity index (χ0) is 30.7. The minimum atomic E-state index is -0.152. The van der Waals surface area contributed by atoms with Crippen molar-refractivity contribution in [2.75, 3.05) is 0 Å². The van der Waals surface area contributed by atoms with Crippen LogP contribution in [-0.4, -0.2) is 0 Å². The third-order valence-electron chi connectivity index (χ3n) is 11.9. The summed E-state index contributed by atoms with van der Waals surface area (Å²) in [4.78, 5) is 0. The zero-order valence-corrected chi connectivity index (χ0v) is 26.5. The SMILES string of the molecule is CC1(C)c2cc3c(cc2-c2c1cc1ccc4cccc5ccc2c1c45)C(C)(C)c1c-3c2ccccc2c2c1ccc1ccccc12.[2HH]. The molecular weight excluding hydrogens is 553 g/mol. The topological polar surface area (TPSA) is 0 Å². The molecule has 11 rings (SSSR count). The fraction of sp³-hybridized carbons (Fsp3) is 0.130. The molecule has 2 aliphatic rings. The van der Waals surface area contributed by atoms with Crippen LogP contribution in [0.2, 0.25) is 0 Å². The number of hydrogen-bond donors (Lipinski definition) is 0. The van der Waals surface area contributed by atoms with Gasteiger partial charge in [-0.2, -0.15) is 0 Å². The minimum Gasteiger partial charge on any atom is -0.0616 e. The van der Waals surface area contributed by atoms with E-state index in [1.54, 1.807) is 0 Å². The monoisotopic (exact) mass is 587 g/mol. The summed E-state index contributed by atoms with van der Waals surface area (Å²) in [7, 11) is 0. The van der Waals surface area contributed by atoms with Gasteiger partial charge in [0.1, 0.15) is 0 Å². The van der Waals surface area contributed by atoms with Gasteiger partial charge in [0.05, 0.1) is 0 Å². The van der Waals surface area contributed by atoms with Crippen LogP contribution in [0.1, 0.15) is 51.4 Å². The van der Waals surface area contributed by atoms with Crippen molar-refractivity contribution in [1.82, 2.24) is 0 Å². The van der Waals surface area contributed by atoms with E-state index in [1.165, 1.54) is 109 Å². The van der Waals surface area contributed by atoms with Gasteiger partial charge >= 0.3 is 0 Å². The summed E-state index contributed by atoms with van der Waals surface area (Å²) in [6.07, 6.45) is 0. The molecular formula is C46H34. The maximum absolute atomic E-state index is 2.59. The Kier molecular flexibility index (Phi) is 4.33. The molecule has 9 aromatic carbocycles. The first-order chi connectivity index (χ1) is 22.3. The highest BCUT2D eigenvalue weighted by Gasteiger charge is 2.44. The Morgan fingerprint density at radius 2 is 0.957 bits per heavy atom. The maximum Gasteiger partial charge on any atom is 0.0165 e. The zero-order valence-electron chi connectivity index (χ0n) is 26.5. The smallest absolute Gasteiger partial charge is 0.0165 e. The molecule has 0 radical (unpaired) electrons. The summed E-state index contributed by atoms with van der Waals surface area (Å²) in [5, 5.41) is 16.3. The molecule has 0 spiro atoms. The molecule has 0 saturated carbocycles. The van der Waals surface area contributed by atoms with Crippen molar-refractivity contribution >= 4 is 64.6 Å². The molecule has 46 heavy (non-hydrogen) atoms. The van der Waals surface area contributed by atoms with Crippen LogP contribution in [-0.2, 0) is 10.8 Å². The molecule has 218 valence electrons. The number of fused-ring (bicyclic) bond motifs is 14. The summed E-state index contributed by atoms with van der Waals surface area (Å²) in [5.41, 5.74) is 11.2. The Bertz CT molecular complexity index is 2830. The quantitative estimate of drug-likeness (QED) is 0.155. The van der Waals surface area contributed by atoms with Crippen molar-refractivity contribution in [3.8, 4) is 22.3 Å². The molecule has 2 aliphatic carbocycles. The first-order valence-electron chi connectivity index (χ1n) is 16.6. The van der Waals surface area contributed by atoms with E-state index in [9.17, 15) is 0 Å². The lowest BCUT2D eigenvalue weighted by Gasteiger charge is -2.25. The Morgan fingerprint density at radius 3 is 1.76 bits per heavy atom. The molecule has 0 nitrogen and oxygen atoms in total. The molecule has 0 aromatic heterocycles. The van der Waals surface area contributed by atoms with Gasteiger partial charge in [0.15, 0.2) is 0 Å². The maximum atomic E-state index is 2.59. The van der Waals surface area contributed by atoms with Gasteiger partial charge in [-0.25, -0.2) is 0 Å². The molecule has 0 bridgehead atoms. The van der Waals surface area contributed by atoms with E-state index in [0.29, 0.717) is 0 Å². The van der Waals surface area contributed by atoms with E-state index in [1.807, 2.05) is 0 Å². The summed E-state index contributed by atoms with van der Waals surface area (Å²) in [5.74, 6) is 0. The van der Waals surface area contributed by atoms with E-state index < -0.39 is 0 Å². The minimum absolute atomic E-state index is 0. The first-order valence-corrected chi connectivity index (χ1v) is 16.6. The van der Waals surface area contributed by atoms with E-state index in [-0.39, 0.29) is 12.3 Å². The Morgan fingerprint density at radius 1 is 0.370 bits per heavy atom. The highest BCUT2D eigenvalue weighted by atomic mass is 14.5. The van der Waals surface area contributed by atoms with Crippen LogP contribution in [0, 0.1) is 0 Å². The number of benzene rings is 9. The second-order valence-electron chi connectivity index (χ2n) is 14.9. The second kappa shape index (κ2) is 7.95. The van der Waals surface area contributed by atoms with Crippen molar-refractivity contribution < 1.29 is 1.43 Å². The van der Waals surface area contributed by atoms with E-state index in [4.69, 9.17) is 0 Å². The molecule has 0 unspecified atom stereocenters. The molecule has 0 N–H and O–H groups in total. The number of rotatable bonds is 0. The van der Waals surface area contributed by atoms with Gasteiger partial charge in [0.2, 0.25) is 0 Å². The molecule has 0 heterocycles. The third kappa shape index (κ3) is 2.76. The van der Waals surface area contributed by atoms with Crippen LogP contribution in [0.25, 0.3) is 86.9 Å². The third-order valence-corrected chi connectivity index (χ3v) is 11.9. The fourth-order valence-corrected chi connectivity index (χ4v) is 9.81. The Hall–Kier alpha value is -5.20. The average Bonchev–Trinajstić information content (AvgIpc) is 3.45. The van der Waals surface area contributed by atoms with Gasteiger partial charge in [-0.3, -0.25) is 0 Å². The van der Waals surface area contributed by atoms with Crippen molar-refractivity contribution in [3.05, 3.63) is 144 Å². The molecule has 0 amide bonds.